The number of hydrogen-bond donors (Lipinski definition) is 3. The Balaban J connectivity index is 0. The zero-order valence-electron chi connectivity index (χ0n) is 13.9. The minimum Gasteiger partial charge on any atom is -0.478 e. The summed E-state index contributed by atoms with van der Waals surface area (Å²) in [6, 6.07) is 0. The van der Waals surface area contributed by atoms with Crippen LogP contribution in [0.3, 0.4) is 0 Å². The molecule has 24 heavy (non-hydrogen) atoms. The van der Waals surface area contributed by atoms with E-state index in [4.69, 9.17) is 15.3 Å². The quantitative estimate of drug-likeness (QED) is 0.311. The van der Waals surface area contributed by atoms with E-state index >= 15 is 0 Å². The summed E-state index contributed by atoms with van der Waals surface area (Å²) in [6.45, 7) is 4.24. The predicted molar refractivity (Wildman–Crippen MR) is 85.5 cm³/mol. The summed E-state index contributed by atoms with van der Waals surface area (Å²) in [5, 5.41) is 24.9. The predicted octanol–water partition coefficient (Wildman–Crippen LogP) is 2.24. The standard InChI is InChI=1S/2C8H12O4/c1-2-3-6-12-8(11)5-4-7(9)10;1-2-3-4-6(8(11)12)5-7(9)10/h4-5H,2-3,6H2,1H3,(H,9,10);5H,2-4H2,1H3,(H,9,10)(H,11,12)/b5-4+;6-5+. The third kappa shape index (κ3) is 17.4. The van der Waals surface area contributed by atoms with Crippen LogP contribution in [-0.4, -0.2) is 45.8 Å². The molecule has 0 aliphatic carbocycles. The van der Waals surface area contributed by atoms with Crippen LogP contribution >= 0.6 is 0 Å². The highest BCUT2D eigenvalue weighted by atomic mass is 16.5. The average Bonchev–Trinajstić information content (AvgIpc) is 2.49. The number of aliphatic carboxylic acids is 3. The highest BCUT2D eigenvalue weighted by Crippen LogP contribution is 2.06. The van der Waals surface area contributed by atoms with Gasteiger partial charge in [-0.15, -0.1) is 0 Å². The Morgan fingerprint density at radius 1 is 0.875 bits per heavy atom. The minimum absolute atomic E-state index is 0.0376. The molecule has 8 nitrogen and oxygen atoms in total. The molecule has 8 heteroatoms. The Kier molecular flexibility index (Phi) is 15.0. The van der Waals surface area contributed by atoms with Crippen molar-refractivity contribution >= 4 is 23.9 Å². The Hall–Kier alpha value is -2.64. The second-order valence-corrected chi connectivity index (χ2v) is 4.61. The van der Waals surface area contributed by atoms with Crippen molar-refractivity contribution in [1.82, 2.24) is 0 Å². The van der Waals surface area contributed by atoms with Crippen LogP contribution in [-0.2, 0) is 23.9 Å². The normalized spacial score (nSPS) is 10.7. The van der Waals surface area contributed by atoms with E-state index in [0.717, 1.165) is 37.5 Å². The van der Waals surface area contributed by atoms with Gasteiger partial charge in [-0.25, -0.2) is 19.2 Å². The lowest BCUT2D eigenvalue weighted by Crippen LogP contribution is -2.03. The SMILES string of the molecule is CCCC/C(=C\C(=O)O)C(=O)O.CCCCOC(=O)/C=C/C(=O)O. The van der Waals surface area contributed by atoms with Crippen LogP contribution in [0.1, 0.15) is 46.0 Å². The number of hydrogen-bond acceptors (Lipinski definition) is 5. The van der Waals surface area contributed by atoms with Gasteiger partial charge in [0, 0.05) is 23.8 Å². The highest BCUT2D eigenvalue weighted by Gasteiger charge is 2.07. The zero-order valence-corrected chi connectivity index (χ0v) is 13.9. The Bertz CT molecular complexity index is 474. The van der Waals surface area contributed by atoms with Crippen molar-refractivity contribution < 1.29 is 39.2 Å². The molecular weight excluding hydrogens is 320 g/mol. The summed E-state index contributed by atoms with van der Waals surface area (Å²) in [6.07, 6.45) is 6.01. The molecule has 0 saturated carbocycles. The molecule has 0 fully saturated rings. The first kappa shape index (κ1) is 23.6. The Morgan fingerprint density at radius 3 is 1.88 bits per heavy atom. The molecule has 0 spiro atoms. The van der Waals surface area contributed by atoms with Crippen molar-refractivity contribution in [3.8, 4) is 0 Å². The summed E-state index contributed by atoms with van der Waals surface area (Å²) in [5.41, 5.74) is -0.0376. The van der Waals surface area contributed by atoms with Crippen LogP contribution in [0.4, 0.5) is 0 Å². The molecule has 136 valence electrons. The van der Waals surface area contributed by atoms with E-state index in [1.54, 1.807) is 0 Å². The first-order chi connectivity index (χ1) is 11.2. The van der Waals surface area contributed by atoms with E-state index in [1.165, 1.54) is 0 Å². The summed E-state index contributed by atoms with van der Waals surface area (Å²) in [4.78, 5) is 41.1. The number of esters is 1. The van der Waals surface area contributed by atoms with Crippen LogP contribution in [0.2, 0.25) is 0 Å². The molecule has 0 saturated heterocycles. The van der Waals surface area contributed by atoms with Gasteiger partial charge in [-0.05, 0) is 19.3 Å². The molecule has 0 aliphatic rings. The van der Waals surface area contributed by atoms with Crippen LogP contribution in [0.25, 0.3) is 0 Å². The van der Waals surface area contributed by atoms with E-state index < -0.39 is 23.9 Å². The largest absolute Gasteiger partial charge is 0.478 e. The van der Waals surface area contributed by atoms with Crippen LogP contribution in [0, 0.1) is 0 Å². The summed E-state index contributed by atoms with van der Waals surface area (Å²) >= 11 is 0. The maximum Gasteiger partial charge on any atom is 0.331 e. The van der Waals surface area contributed by atoms with E-state index in [-0.39, 0.29) is 5.57 Å². The van der Waals surface area contributed by atoms with Gasteiger partial charge in [0.1, 0.15) is 0 Å². The second-order valence-electron chi connectivity index (χ2n) is 4.61. The molecule has 0 unspecified atom stereocenters. The van der Waals surface area contributed by atoms with Crippen LogP contribution in [0.15, 0.2) is 23.8 Å². The fourth-order valence-corrected chi connectivity index (χ4v) is 1.26. The first-order valence-electron chi connectivity index (χ1n) is 7.49. The van der Waals surface area contributed by atoms with Crippen molar-refractivity contribution in [2.45, 2.75) is 46.0 Å². The van der Waals surface area contributed by atoms with Crippen molar-refractivity contribution in [3.63, 3.8) is 0 Å². The molecule has 0 aromatic carbocycles. The Morgan fingerprint density at radius 2 is 1.46 bits per heavy atom. The number of unbranched alkanes of at least 4 members (excludes halogenated alkanes) is 2. The van der Waals surface area contributed by atoms with Gasteiger partial charge >= 0.3 is 23.9 Å². The third-order valence-corrected chi connectivity index (χ3v) is 2.48. The van der Waals surface area contributed by atoms with Crippen molar-refractivity contribution in [2.24, 2.45) is 0 Å². The molecule has 0 amide bonds. The molecule has 0 aromatic heterocycles. The second kappa shape index (κ2) is 15.3. The van der Waals surface area contributed by atoms with Gasteiger partial charge in [0.25, 0.3) is 0 Å². The molecule has 0 bridgehead atoms. The molecule has 0 rings (SSSR count). The molecule has 0 heterocycles. The van der Waals surface area contributed by atoms with E-state index in [9.17, 15) is 19.2 Å². The van der Waals surface area contributed by atoms with Gasteiger partial charge in [-0.2, -0.15) is 0 Å². The van der Waals surface area contributed by atoms with E-state index in [0.29, 0.717) is 19.4 Å². The fourth-order valence-electron chi connectivity index (χ4n) is 1.26. The van der Waals surface area contributed by atoms with E-state index in [2.05, 4.69) is 4.74 Å². The molecule has 0 atom stereocenters. The lowest BCUT2D eigenvalue weighted by atomic mass is 10.1. The van der Waals surface area contributed by atoms with Crippen molar-refractivity contribution in [3.05, 3.63) is 23.8 Å². The smallest absolute Gasteiger partial charge is 0.331 e. The highest BCUT2D eigenvalue weighted by molar-refractivity contribution is 5.94. The number of ether oxygens (including phenoxy) is 1. The number of carboxylic acid groups (broad SMARTS) is 3. The molecule has 0 radical (unpaired) electrons. The topological polar surface area (TPSA) is 138 Å². The number of rotatable bonds is 10. The summed E-state index contributed by atoms with van der Waals surface area (Å²) in [5.74, 6) is -4.11. The van der Waals surface area contributed by atoms with Gasteiger partial charge < -0.3 is 20.1 Å². The number of carboxylic acids is 3. The van der Waals surface area contributed by atoms with Gasteiger partial charge in [-0.1, -0.05) is 26.7 Å². The minimum atomic E-state index is -1.21. The maximum atomic E-state index is 10.6. The summed E-state index contributed by atoms with van der Waals surface area (Å²) in [7, 11) is 0. The van der Waals surface area contributed by atoms with Gasteiger partial charge in [0.2, 0.25) is 0 Å². The first-order valence-corrected chi connectivity index (χ1v) is 7.49. The van der Waals surface area contributed by atoms with Crippen LogP contribution in [0.5, 0.6) is 0 Å². The molecule has 0 aromatic rings. The third-order valence-electron chi connectivity index (χ3n) is 2.48. The van der Waals surface area contributed by atoms with E-state index in [1.807, 2.05) is 13.8 Å². The molecule has 0 aliphatic heterocycles. The van der Waals surface area contributed by atoms with Gasteiger partial charge in [0.15, 0.2) is 0 Å². The van der Waals surface area contributed by atoms with Crippen LogP contribution < -0.4 is 0 Å². The maximum absolute atomic E-state index is 10.6. The zero-order chi connectivity index (χ0) is 19.0. The molecule has 3 N–H and O–H groups in total. The van der Waals surface area contributed by atoms with Crippen molar-refractivity contribution in [1.29, 1.82) is 0 Å². The monoisotopic (exact) mass is 344 g/mol. The number of carbonyl (C=O) groups excluding carboxylic acids is 1. The van der Waals surface area contributed by atoms with Crippen molar-refractivity contribution in [2.75, 3.05) is 6.61 Å². The van der Waals surface area contributed by atoms with Gasteiger partial charge in [0.05, 0.1) is 6.61 Å². The molecular formula is C16H24O8. The lowest BCUT2D eigenvalue weighted by molar-refractivity contribution is -0.138. The van der Waals surface area contributed by atoms with Gasteiger partial charge in [-0.3, -0.25) is 0 Å². The lowest BCUT2D eigenvalue weighted by Gasteiger charge is -1.97. The Labute approximate surface area is 140 Å². The fraction of sp³-hybridized carbons (Fsp3) is 0.500. The average molecular weight is 344 g/mol. The number of carbonyl (C=O) groups is 4. The summed E-state index contributed by atoms with van der Waals surface area (Å²) < 4.78 is 4.64.